The molecule has 30 valence electrons. The lowest BCUT2D eigenvalue weighted by Gasteiger charge is -1.80. The van der Waals surface area contributed by atoms with E-state index in [-0.39, 0.29) is 0 Å². The number of rotatable bonds is 1. The van der Waals surface area contributed by atoms with Crippen LogP contribution < -0.4 is 0 Å². The van der Waals surface area contributed by atoms with Crippen LogP contribution in [0.1, 0.15) is 0 Å². The molecule has 0 aliphatic rings. The summed E-state index contributed by atoms with van der Waals surface area (Å²) in [6.07, 6.45) is 0. The predicted molar refractivity (Wildman–Crippen MR) is 33.1 cm³/mol. The lowest BCUT2D eigenvalue weighted by Crippen LogP contribution is -1.36. The third-order valence-corrected chi connectivity index (χ3v) is 1.83. The molecule has 2 unspecified atom stereocenters. The fraction of sp³-hybridized carbons (Fsp3) is 0.333. The summed E-state index contributed by atoms with van der Waals surface area (Å²) in [5, 5.41) is 1.20. The summed E-state index contributed by atoms with van der Waals surface area (Å²) in [4.78, 5) is 0. The average molecular weight is 106 g/mol. The second kappa shape index (κ2) is 2.82. The standard InChI is InChI=1S/C3H8P2/c1-3(4)5-2/h5H,1,4H2,2H3. The quantitative estimate of drug-likeness (QED) is 0.446. The predicted octanol–water partition coefficient (Wildman–Crippen LogP) is 1.64. The van der Waals surface area contributed by atoms with Crippen LogP contribution in [-0.4, -0.2) is 6.66 Å². The first-order valence-electron chi connectivity index (χ1n) is 1.39. The van der Waals surface area contributed by atoms with Gasteiger partial charge in [-0.2, -0.15) is 0 Å². The van der Waals surface area contributed by atoms with Crippen molar-refractivity contribution >= 4 is 17.8 Å². The molecule has 0 nitrogen and oxygen atoms in total. The van der Waals surface area contributed by atoms with E-state index in [4.69, 9.17) is 0 Å². The van der Waals surface area contributed by atoms with E-state index in [0.717, 1.165) is 8.58 Å². The van der Waals surface area contributed by atoms with Crippen LogP contribution in [0.15, 0.2) is 11.6 Å². The van der Waals surface area contributed by atoms with Crippen LogP contribution in [0.5, 0.6) is 0 Å². The molecule has 0 amide bonds. The van der Waals surface area contributed by atoms with E-state index in [1.807, 2.05) is 0 Å². The fourth-order valence-electron chi connectivity index (χ4n) is 0. The first-order valence-corrected chi connectivity index (χ1v) is 3.47. The van der Waals surface area contributed by atoms with Gasteiger partial charge in [0.05, 0.1) is 0 Å². The summed E-state index contributed by atoms with van der Waals surface area (Å²) in [5.41, 5.74) is 0. The Morgan fingerprint density at radius 3 is 2.20 bits per heavy atom. The lowest BCUT2D eigenvalue weighted by molar-refractivity contribution is 2.36. The largest absolute Gasteiger partial charge is 0.106 e. The van der Waals surface area contributed by atoms with Gasteiger partial charge in [-0.15, -0.1) is 9.24 Å². The molecule has 0 rings (SSSR count). The fourth-order valence-corrected chi connectivity index (χ4v) is 0. The molecule has 0 aromatic carbocycles. The average Bonchev–Trinajstić information content (AvgIpc) is 1.38. The summed E-state index contributed by atoms with van der Waals surface area (Å²) in [6, 6.07) is 0. The first-order chi connectivity index (χ1) is 2.27. The summed E-state index contributed by atoms with van der Waals surface area (Å²) in [6.45, 7) is 5.76. The summed E-state index contributed by atoms with van der Waals surface area (Å²) >= 11 is 0. The molecule has 0 aromatic rings. The topological polar surface area (TPSA) is 0 Å². The van der Waals surface area contributed by atoms with Gasteiger partial charge >= 0.3 is 0 Å². The molecule has 0 spiro atoms. The maximum Gasteiger partial charge on any atom is -0.0391 e. The van der Waals surface area contributed by atoms with Gasteiger partial charge in [0.1, 0.15) is 0 Å². The minimum atomic E-state index is 0.883. The van der Waals surface area contributed by atoms with Crippen LogP contribution in [-0.2, 0) is 0 Å². The van der Waals surface area contributed by atoms with Crippen molar-refractivity contribution in [1.29, 1.82) is 0 Å². The second-order valence-electron chi connectivity index (χ2n) is 0.775. The number of hydrogen-bond donors (Lipinski definition) is 0. The van der Waals surface area contributed by atoms with E-state index >= 15 is 0 Å². The van der Waals surface area contributed by atoms with Crippen molar-refractivity contribution in [2.75, 3.05) is 6.66 Å². The van der Waals surface area contributed by atoms with Crippen LogP contribution in [0.3, 0.4) is 0 Å². The van der Waals surface area contributed by atoms with E-state index in [1.165, 1.54) is 5.06 Å². The van der Waals surface area contributed by atoms with Gasteiger partial charge in [0, 0.05) is 0 Å². The van der Waals surface area contributed by atoms with Gasteiger partial charge in [-0.05, 0) is 11.7 Å². The van der Waals surface area contributed by atoms with Crippen molar-refractivity contribution in [1.82, 2.24) is 0 Å². The number of hydrogen-bond acceptors (Lipinski definition) is 0. The zero-order chi connectivity index (χ0) is 4.28. The van der Waals surface area contributed by atoms with E-state index in [2.05, 4.69) is 22.5 Å². The highest BCUT2D eigenvalue weighted by molar-refractivity contribution is 7.56. The molecule has 2 atom stereocenters. The molecule has 0 aliphatic heterocycles. The van der Waals surface area contributed by atoms with Gasteiger partial charge in [0.25, 0.3) is 0 Å². The van der Waals surface area contributed by atoms with Gasteiger partial charge in [-0.3, -0.25) is 0 Å². The second-order valence-corrected chi connectivity index (χ2v) is 3.19. The highest BCUT2D eigenvalue weighted by Crippen LogP contribution is 2.21. The Balaban J connectivity index is 2.85. The van der Waals surface area contributed by atoms with Crippen molar-refractivity contribution in [3.63, 3.8) is 0 Å². The Morgan fingerprint density at radius 2 is 2.20 bits per heavy atom. The maximum absolute atomic E-state index is 3.65. The van der Waals surface area contributed by atoms with Crippen LogP contribution in [0.4, 0.5) is 0 Å². The molecule has 0 saturated heterocycles. The minimum absolute atomic E-state index is 0.883. The Hall–Kier alpha value is 0.600. The molecule has 0 radical (unpaired) electrons. The van der Waals surface area contributed by atoms with Gasteiger partial charge in [0.15, 0.2) is 0 Å². The van der Waals surface area contributed by atoms with Crippen molar-refractivity contribution < 1.29 is 0 Å². The van der Waals surface area contributed by atoms with Gasteiger partial charge in [0.2, 0.25) is 0 Å². The molecule has 0 bridgehead atoms. The summed E-state index contributed by atoms with van der Waals surface area (Å²) in [7, 11) is 3.43. The molecule has 5 heavy (non-hydrogen) atoms. The van der Waals surface area contributed by atoms with E-state index in [1.54, 1.807) is 0 Å². The smallest absolute Gasteiger partial charge is 0.0391 e. The maximum atomic E-state index is 3.65. The third-order valence-electron chi connectivity index (χ3n) is 0.321. The van der Waals surface area contributed by atoms with Gasteiger partial charge < -0.3 is 0 Å². The van der Waals surface area contributed by atoms with Crippen LogP contribution in [0, 0.1) is 0 Å². The normalized spacial score (nSPS) is 10.0. The minimum Gasteiger partial charge on any atom is -0.106 e. The molecular formula is C3H8P2. The van der Waals surface area contributed by atoms with E-state index in [9.17, 15) is 0 Å². The van der Waals surface area contributed by atoms with Crippen molar-refractivity contribution in [2.45, 2.75) is 0 Å². The SMILES string of the molecule is C=C(P)PC. The zero-order valence-electron chi connectivity index (χ0n) is 3.28. The van der Waals surface area contributed by atoms with Crippen LogP contribution in [0.25, 0.3) is 0 Å². The Kier molecular flexibility index (Phi) is 3.16. The zero-order valence-corrected chi connectivity index (χ0v) is 5.44. The molecule has 0 aliphatic carbocycles. The highest BCUT2D eigenvalue weighted by Gasteiger charge is 1.67. The van der Waals surface area contributed by atoms with Gasteiger partial charge in [-0.25, -0.2) is 0 Å². The molecule has 0 aromatic heterocycles. The monoisotopic (exact) mass is 106 g/mol. The molecule has 0 N–H and O–H groups in total. The Bertz CT molecular complexity index is 40.2. The van der Waals surface area contributed by atoms with Crippen LogP contribution in [0.2, 0.25) is 0 Å². The summed E-state index contributed by atoms with van der Waals surface area (Å²) in [5.74, 6) is 0. The van der Waals surface area contributed by atoms with E-state index < -0.39 is 0 Å². The van der Waals surface area contributed by atoms with Crippen molar-refractivity contribution in [3.8, 4) is 0 Å². The molecule has 0 heterocycles. The van der Waals surface area contributed by atoms with Crippen molar-refractivity contribution in [3.05, 3.63) is 11.6 Å². The molecular weight excluding hydrogens is 98.0 g/mol. The molecule has 0 saturated carbocycles. The Labute approximate surface area is 37.0 Å². The third kappa shape index (κ3) is 4.60. The highest BCUT2D eigenvalue weighted by atomic mass is 31.1. The lowest BCUT2D eigenvalue weighted by atomic mass is 11.2. The van der Waals surface area contributed by atoms with Gasteiger partial charge in [-0.1, -0.05) is 15.2 Å². The summed E-state index contributed by atoms with van der Waals surface area (Å²) < 4.78 is 0. The van der Waals surface area contributed by atoms with Crippen molar-refractivity contribution in [2.24, 2.45) is 0 Å². The Morgan fingerprint density at radius 1 is 2.00 bits per heavy atom. The van der Waals surface area contributed by atoms with Crippen LogP contribution >= 0.6 is 17.8 Å². The van der Waals surface area contributed by atoms with E-state index in [0.29, 0.717) is 0 Å². The molecule has 0 fully saturated rings. The first kappa shape index (κ1) is 5.60. The molecule has 2 heteroatoms.